The summed E-state index contributed by atoms with van der Waals surface area (Å²) in [4.78, 5) is 17.5. The number of nitrogens with zero attached hydrogens (tertiary/aromatic N) is 4. The van der Waals surface area contributed by atoms with E-state index in [2.05, 4.69) is 15.5 Å². The molecule has 7 nitrogen and oxygen atoms in total. The zero-order valence-electron chi connectivity index (χ0n) is 14.5. The number of nitrogens with one attached hydrogen (secondary N) is 1. The van der Waals surface area contributed by atoms with Gasteiger partial charge in [-0.3, -0.25) is 15.0 Å². The molecule has 2 aromatic heterocycles. The van der Waals surface area contributed by atoms with Gasteiger partial charge in [-0.25, -0.2) is 4.98 Å². The highest BCUT2D eigenvalue weighted by Crippen LogP contribution is 2.30. The van der Waals surface area contributed by atoms with Gasteiger partial charge < -0.3 is 9.09 Å². The first-order chi connectivity index (χ1) is 12.2. The molecule has 3 rings (SSSR count). The number of amides is 1. The van der Waals surface area contributed by atoms with Gasteiger partial charge >= 0.3 is 6.18 Å². The molecule has 26 heavy (non-hydrogen) atoms. The third-order valence-corrected chi connectivity index (χ3v) is 4.25. The maximum absolute atomic E-state index is 12.8. The van der Waals surface area contributed by atoms with Crippen molar-refractivity contribution in [3.8, 4) is 0 Å². The molecule has 0 bridgehead atoms. The lowest BCUT2D eigenvalue weighted by atomic mass is 9.99. The van der Waals surface area contributed by atoms with Crippen LogP contribution in [0.4, 0.5) is 19.1 Å². The van der Waals surface area contributed by atoms with Gasteiger partial charge in [-0.15, -0.1) is 0 Å². The summed E-state index contributed by atoms with van der Waals surface area (Å²) in [5, 5.41) is 6.31. The minimum atomic E-state index is -4.42. The Morgan fingerprint density at radius 3 is 2.92 bits per heavy atom. The Labute approximate surface area is 148 Å². The molecular weight excluding hydrogens is 351 g/mol. The van der Waals surface area contributed by atoms with Gasteiger partial charge in [-0.05, 0) is 26.3 Å². The van der Waals surface area contributed by atoms with Crippen LogP contribution in [0.2, 0.25) is 0 Å². The molecule has 0 aliphatic carbocycles. The van der Waals surface area contributed by atoms with Crippen LogP contribution >= 0.6 is 0 Å². The van der Waals surface area contributed by atoms with Crippen molar-refractivity contribution >= 4 is 11.8 Å². The molecule has 0 radical (unpaired) electrons. The van der Waals surface area contributed by atoms with Crippen LogP contribution in [0.15, 0.2) is 16.8 Å². The van der Waals surface area contributed by atoms with Crippen molar-refractivity contribution in [2.75, 3.05) is 25.5 Å². The maximum atomic E-state index is 12.8. The number of rotatable bonds is 5. The van der Waals surface area contributed by atoms with E-state index in [1.807, 2.05) is 4.90 Å². The number of hydrogen-bond donors (Lipinski definition) is 1. The number of carbonyl (C=O) groups excluding carboxylic acids is 1. The first-order valence-corrected chi connectivity index (χ1v) is 8.25. The van der Waals surface area contributed by atoms with Gasteiger partial charge in [0.25, 0.3) is 0 Å². The number of fused-ring (bicyclic) bond motifs is 1. The number of halogens is 3. The van der Waals surface area contributed by atoms with E-state index < -0.39 is 11.9 Å². The largest absolute Gasteiger partial charge is 0.434 e. The number of hydrogen-bond acceptors (Lipinski definition) is 5. The highest BCUT2D eigenvalue weighted by molar-refractivity contribution is 5.90. The van der Waals surface area contributed by atoms with Crippen LogP contribution in [-0.4, -0.2) is 45.7 Å². The summed E-state index contributed by atoms with van der Waals surface area (Å²) < 4.78 is 44.8. The molecule has 2 aromatic rings. The second-order valence-electron chi connectivity index (χ2n) is 6.67. The lowest BCUT2D eigenvalue weighted by Crippen LogP contribution is -2.36. The number of aryl methyl sites for hydroxylation is 2. The molecule has 1 aliphatic heterocycles. The van der Waals surface area contributed by atoms with E-state index in [4.69, 9.17) is 4.52 Å². The van der Waals surface area contributed by atoms with Crippen LogP contribution in [0.5, 0.6) is 0 Å². The van der Waals surface area contributed by atoms with Gasteiger partial charge in [0.15, 0.2) is 5.69 Å². The van der Waals surface area contributed by atoms with Crippen LogP contribution in [-0.2, 0) is 23.9 Å². The molecule has 0 saturated carbocycles. The van der Waals surface area contributed by atoms with E-state index in [1.165, 1.54) is 0 Å². The number of alkyl halides is 3. The van der Waals surface area contributed by atoms with Crippen LogP contribution in [0.25, 0.3) is 0 Å². The molecule has 142 valence electrons. The first kappa shape index (κ1) is 18.4. The Bertz CT molecular complexity index is 783. The Balaban J connectivity index is 1.51. The first-order valence-electron chi connectivity index (χ1n) is 8.25. The van der Waals surface area contributed by atoms with Crippen molar-refractivity contribution in [2.24, 2.45) is 5.92 Å². The molecule has 0 unspecified atom stereocenters. The van der Waals surface area contributed by atoms with Crippen molar-refractivity contribution < 1.29 is 22.5 Å². The minimum Gasteiger partial charge on any atom is -0.338 e. The predicted molar refractivity (Wildman–Crippen MR) is 86.4 cm³/mol. The van der Waals surface area contributed by atoms with E-state index in [1.54, 1.807) is 24.6 Å². The summed E-state index contributed by atoms with van der Waals surface area (Å²) >= 11 is 0. The lowest BCUT2D eigenvalue weighted by Gasteiger charge is -2.27. The zero-order chi connectivity index (χ0) is 18.9. The maximum Gasteiger partial charge on any atom is 0.434 e. The lowest BCUT2D eigenvalue weighted by molar-refractivity contribution is -0.141. The second kappa shape index (κ2) is 7.10. The Morgan fingerprint density at radius 1 is 1.50 bits per heavy atom. The molecule has 10 heteroatoms. The summed E-state index contributed by atoms with van der Waals surface area (Å²) in [5.41, 5.74) is -0.173. The minimum absolute atomic E-state index is 0.154. The van der Waals surface area contributed by atoms with Crippen molar-refractivity contribution in [1.29, 1.82) is 0 Å². The zero-order valence-corrected chi connectivity index (χ0v) is 14.5. The van der Waals surface area contributed by atoms with Gasteiger partial charge in [0, 0.05) is 31.8 Å². The van der Waals surface area contributed by atoms with Gasteiger partial charge in [-0.1, -0.05) is 5.16 Å². The van der Waals surface area contributed by atoms with E-state index in [9.17, 15) is 18.0 Å². The molecule has 1 amide bonds. The quantitative estimate of drug-likeness (QED) is 0.873. The average molecular weight is 371 g/mol. The highest BCUT2D eigenvalue weighted by Gasteiger charge is 2.35. The third-order valence-electron chi connectivity index (χ3n) is 4.25. The molecule has 0 saturated heterocycles. The normalized spacial score (nSPS) is 17.4. The Morgan fingerprint density at radius 2 is 2.27 bits per heavy atom. The smallest absolute Gasteiger partial charge is 0.338 e. The Hall–Kier alpha value is -2.36. The van der Waals surface area contributed by atoms with E-state index >= 15 is 0 Å². The number of anilines is 1. The van der Waals surface area contributed by atoms with E-state index in [0.717, 1.165) is 12.6 Å². The summed E-state index contributed by atoms with van der Waals surface area (Å²) in [6.45, 7) is 2.97. The van der Waals surface area contributed by atoms with Crippen molar-refractivity contribution in [3.63, 3.8) is 0 Å². The third kappa shape index (κ3) is 4.43. The fourth-order valence-corrected chi connectivity index (χ4v) is 3.15. The van der Waals surface area contributed by atoms with Crippen LogP contribution in [0.3, 0.4) is 0 Å². The molecule has 0 fully saturated rings. The van der Waals surface area contributed by atoms with Crippen molar-refractivity contribution in [2.45, 2.75) is 32.5 Å². The molecule has 1 N–H and O–H groups in total. The van der Waals surface area contributed by atoms with E-state index in [-0.39, 0.29) is 18.4 Å². The molecule has 1 aliphatic rings. The SMILES string of the molecule is Cc1cc(NC(=O)CN(C)C[C@H]2CCc3nc(C(F)(F)F)cn3C2)on1. The highest BCUT2D eigenvalue weighted by atomic mass is 19.4. The Kier molecular flexibility index (Phi) is 5.03. The van der Waals surface area contributed by atoms with Crippen LogP contribution < -0.4 is 5.32 Å². The number of likely N-dealkylation sites (N-methyl/N-ethyl adjacent to an activating group) is 1. The van der Waals surface area contributed by atoms with Crippen molar-refractivity contribution in [1.82, 2.24) is 19.6 Å². The van der Waals surface area contributed by atoms with Gasteiger partial charge in [0.2, 0.25) is 11.8 Å². The standard InChI is InChI=1S/C16H20F3N5O2/c1-10-5-15(26-22-10)21-14(25)9-23(2)6-11-3-4-13-20-12(16(17,18)19)8-24(13)7-11/h5,8,11H,3-4,6-7,9H2,1-2H3,(H,21,25)/t11-/m1/s1. The molecule has 0 aromatic carbocycles. The van der Waals surface area contributed by atoms with E-state index in [0.29, 0.717) is 36.9 Å². The van der Waals surface area contributed by atoms with Crippen LogP contribution in [0, 0.1) is 12.8 Å². The fraction of sp³-hybridized carbons (Fsp3) is 0.562. The molecular formula is C16H20F3N5O2. The molecule has 0 spiro atoms. The number of aromatic nitrogens is 3. The van der Waals surface area contributed by atoms with Gasteiger partial charge in [0.1, 0.15) is 5.82 Å². The summed E-state index contributed by atoms with van der Waals surface area (Å²) in [7, 11) is 1.80. The van der Waals surface area contributed by atoms with Gasteiger partial charge in [0.05, 0.1) is 12.2 Å². The fourth-order valence-electron chi connectivity index (χ4n) is 3.15. The van der Waals surface area contributed by atoms with Gasteiger partial charge in [-0.2, -0.15) is 13.2 Å². The summed E-state index contributed by atoms with van der Waals surface area (Å²) in [5.74, 6) is 0.682. The second-order valence-corrected chi connectivity index (χ2v) is 6.67. The monoisotopic (exact) mass is 371 g/mol. The summed E-state index contributed by atoms with van der Waals surface area (Å²) in [6.07, 6.45) is -2.12. The average Bonchev–Trinajstić information content (AvgIpc) is 3.12. The summed E-state index contributed by atoms with van der Waals surface area (Å²) in [6, 6.07) is 1.62. The van der Waals surface area contributed by atoms with Crippen molar-refractivity contribution in [3.05, 3.63) is 29.5 Å². The topological polar surface area (TPSA) is 76.2 Å². The number of carbonyl (C=O) groups is 1. The van der Waals surface area contributed by atoms with Crippen LogP contribution in [0.1, 0.15) is 23.6 Å². The molecule has 1 atom stereocenters. The molecule has 3 heterocycles. The number of imidazole rings is 1. The predicted octanol–water partition coefficient (Wildman–Crippen LogP) is 2.33.